The molecule has 0 radical (unpaired) electrons. The molecule has 0 atom stereocenters. The van der Waals surface area contributed by atoms with Crippen LogP contribution < -0.4 is 5.73 Å². The van der Waals surface area contributed by atoms with Gasteiger partial charge in [0.05, 0.1) is 0 Å². The zero-order valence-electron chi connectivity index (χ0n) is 10.2. The summed E-state index contributed by atoms with van der Waals surface area (Å²) in [6.07, 6.45) is 0. The van der Waals surface area contributed by atoms with Crippen molar-refractivity contribution >= 4 is 27.5 Å². The van der Waals surface area contributed by atoms with Gasteiger partial charge in [0.15, 0.2) is 0 Å². The van der Waals surface area contributed by atoms with Crippen molar-refractivity contribution < 1.29 is 6.22 Å². The van der Waals surface area contributed by atoms with Crippen molar-refractivity contribution in [3.63, 3.8) is 0 Å². The minimum Gasteiger partial charge on any atom is -0.366 e. The summed E-state index contributed by atoms with van der Waals surface area (Å²) in [6, 6.07) is 17.8. The molecule has 1 amide bonds. The van der Waals surface area contributed by atoms with E-state index in [9.17, 15) is 4.79 Å². The van der Waals surface area contributed by atoms with Gasteiger partial charge in [0, 0.05) is 5.56 Å². The summed E-state index contributed by atoms with van der Waals surface area (Å²) in [7, 11) is 0. The molecule has 0 aliphatic heterocycles. The van der Waals surface area contributed by atoms with Crippen molar-refractivity contribution in [3.8, 4) is 0 Å². The van der Waals surface area contributed by atoms with Crippen LogP contribution in [0.2, 0.25) is 0 Å². The van der Waals surface area contributed by atoms with E-state index in [0.717, 1.165) is 10.8 Å². The molecule has 0 unspecified atom stereocenters. The first-order valence-electron chi connectivity index (χ1n) is 5.47. The number of carbonyl (C=O) groups excluding carboxylic acids is 1. The van der Waals surface area contributed by atoms with Crippen LogP contribution in [-0.2, 0) is 0 Å². The molecule has 0 aliphatic carbocycles. The highest BCUT2D eigenvalue weighted by atomic mass is 16.1. The summed E-state index contributed by atoms with van der Waals surface area (Å²) in [5.74, 6) is -0.389. The van der Waals surface area contributed by atoms with Crippen LogP contribution in [0.25, 0.3) is 21.5 Å². The summed E-state index contributed by atoms with van der Waals surface area (Å²) in [6.45, 7) is 0. The quantitative estimate of drug-likeness (QED) is 0.631. The summed E-state index contributed by atoms with van der Waals surface area (Å²) in [5, 5.41) is 4.58. The molecule has 0 aromatic heterocycles. The van der Waals surface area contributed by atoms with Gasteiger partial charge >= 0.3 is 1.43 Å². The molecule has 0 aliphatic rings. The normalized spacial score (nSPS) is 10.8. The average molecular weight is 222 g/mol. The van der Waals surface area contributed by atoms with Gasteiger partial charge in [0.2, 0.25) is 5.91 Å². The van der Waals surface area contributed by atoms with Crippen molar-refractivity contribution in [1.82, 2.24) is 0 Å². The number of hydrogen-bond donors (Lipinski definition) is 1. The highest BCUT2D eigenvalue weighted by Crippen LogP contribution is 2.25. The van der Waals surface area contributed by atoms with Gasteiger partial charge in [-0.25, -0.2) is 0 Å². The molecule has 2 N–H and O–H groups in total. The van der Waals surface area contributed by atoms with Crippen molar-refractivity contribution in [2.75, 3.05) is 0 Å². The van der Waals surface area contributed by atoms with E-state index in [-0.39, 0.29) is 7.33 Å². The second kappa shape index (κ2) is 3.59. The molecular formula is C15H12NO+. The molecule has 3 aromatic carbocycles. The van der Waals surface area contributed by atoms with E-state index in [0.29, 0.717) is 5.56 Å². The lowest BCUT2D eigenvalue weighted by atomic mass is 10.0. The number of benzene rings is 3. The first kappa shape index (κ1) is 9.85. The van der Waals surface area contributed by atoms with E-state index in [2.05, 4.69) is 18.2 Å². The highest BCUT2D eigenvalue weighted by molar-refractivity contribution is 6.09. The molecule has 82 valence electrons. The van der Waals surface area contributed by atoms with Crippen LogP contribution >= 0.6 is 0 Å². The van der Waals surface area contributed by atoms with Gasteiger partial charge in [-0.15, -0.1) is 0 Å². The summed E-state index contributed by atoms with van der Waals surface area (Å²) >= 11 is 0. The molecular weight excluding hydrogens is 210 g/mol. The maximum Gasteiger partial charge on any atom is 1.00 e. The number of carbonyl (C=O) groups is 1. The predicted molar refractivity (Wildman–Crippen MR) is 71.1 cm³/mol. The van der Waals surface area contributed by atoms with Gasteiger partial charge in [-0.1, -0.05) is 42.5 Å². The maximum atomic E-state index is 11.1. The Morgan fingerprint density at radius 2 is 1.59 bits per heavy atom. The monoisotopic (exact) mass is 222 g/mol. The molecule has 3 rings (SSSR count). The second-order valence-corrected chi connectivity index (χ2v) is 4.09. The van der Waals surface area contributed by atoms with Crippen LogP contribution in [0.15, 0.2) is 54.6 Å². The second-order valence-electron chi connectivity index (χ2n) is 4.09. The maximum absolute atomic E-state index is 11.1. The molecule has 0 fully saturated rings. The summed E-state index contributed by atoms with van der Waals surface area (Å²) in [4.78, 5) is 11.1. The lowest BCUT2D eigenvalue weighted by Gasteiger charge is -2.04. The standard InChI is InChI=1S/C15H11NO/c16-15(17)12-7-8-14-11(9-12)6-5-10-3-1-2-4-13(10)14/h1-9H,(H2,16,17)/p+1. The minimum atomic E-state index is -0.389. The Hall–Kier alpha value is -2.35. The number of amides is 1. The lowest BCUT2D eigenvalue weighted by Crippen LogP contribution is -2.10. The Morgan fingerprint density at radius 1 is 0.882 bits per heavy atom. The third kappa shape index (κ3) is 1.54. The van der Waals surface area contributed by atoms with Crippen molar-refractivity contribution in [3.05, 3.63) is 60.2 Å². The van der Waals surface area contributed by atoms with Crippen LogP contribution in [0.5, 0.6) is 0 Å². The lowest BCUT2D eigenvalue weighted by molar-refractivity contribution is 0.100. The van der Waals surface area contributed by atoms with E-state index in [1.54, 1.807) is 6.07 Å². The fourth-order valence-corrected chi connectivity index (χ4v) is 2.17. The van der Waals surface area contributed by atoms with Crippen LogP contribution in [0, 0.1) is 0 Å². The van der Waals surface area contributed by atoms with Crippen molar-refractivity contribution in [2.24, 2.45) is 5.73 Å². The summed E-state index contributed by atoms with van der Waals surface area (Å²) < 4.78 is 0. The first-order chi connectivity index (χ1) is 8.25. The van der Waals surface area contributed by atoms with Gasteiger partial charge in [0.25, 0.3) is 0 Å². The largest absolute Gasteiger partial charge is 1.00 e. The number of rotatable bonds is 1. The highest BCUT2D eigenvalue weighted by Gasteiger charge is 2.03. The Bertz CT molecular complexity index is 737. The van der Waals surface area contributed by atoms with Crippen molar-refractivity contribution in [1.29, 1.82) is 0 Å². The third-order valence-electron chi connectivity index (χ3n) is 3.03. The number of hydrogen-bond acceptors (Lipinski definition) is 1. The Kier molecular flexibility index (Phi) is 2.08. The molecule has 3 aromatic rings. The molecule has 0 spiro atoms. The van der Waals surface area contributed by atoms with E-state index < -0.39 is 0 Å². The molecule has 0 heterocycles. The van der Waals surface area contributed by atoms with Gasteiger partial charge in [-0.3, -0.25) is 4.79 Å². The molecule has 17 heavy (non-hydrogen) atoms. The van der Waals surface area contributed by atoms with Crippen LogP contribution in [0.4, 0.5) is 0 Å². The fourth-order valence-electron chi connectivity index (χ4n) is 2.17. The zero-order chi connectivity index (χ0) is 11.8. The number of primary amides is 1. The topological polar surface area (TPSA) is 43.1 Å². The molecule has 2 nitrogen and oxygen atoms in total. The Labute approximate surface area is 100 Å². The number of fused-ring (bicyclic) bond motifs is 3. The molecule has 0 bridgehead atoms. The van der Waals surface area contributed by atoms with Crippen LogP contribution in [-0.4, -0.2) is 5.91 Å². The average Bonchev–Trinajstić information content (AvgIpc) is 2.38. The molecule has 2 heteroatoms. The van der Waals surface area contributed by atoms with Crippen molar-refractivity contribution in [2.45, 2.75) is 0 Å². The van der Waals surface area contributed by atoms with E-state index in [1.807, 2.05) is 30.3 Å². The van der Waals surface area contributed by atoms with Gasteiger partial charge in [-0.05, 0) is 33.7 Å². The molecule has 0 saturated heterocycles. The SMILES string of the molecule is NC(=O)c1ccc2c(ccc3ccccc32)c1.[H+]. The van der Waals surface area contributed by atoms with Gasteiger partial charge < -0.3 is 5.73 Å². The van der Waals surface area contributed by atoms with E-state index >= 15 is 0 Å². The van der Waals surface area contributed by atoms with Gasteiger partial charge in [-0.2, -0.15) is 0 Å². The fraction of sp³-hybridized carbons (Fsp3) is 0. The zero-order valence-corrected chi connectivity index (χ0v) is 9.18. The minimum absolute atomic E-state index is 0. The third-order valence-corrected chi connectivity index (χ3v) is 3.03. The first-order valence-corrected chi connectivity index (χ1v) is 5.47. The van der Waals surface area contributed by atoms with E-state index in [4.69, 9.17) is 5.73 Å². The van der Waals surface area contributed by atoms with E-state index in [1.165, 1.54) is 10.8 Å². The van der Waals surface area contributed by atoms with Crippen LogP contribution in [0.1, 0.15) is 11.8 Å². The predicted octanol–water partition coefficient (Wildman–Crippen LogP) is 3.20. The summed E-state index contributed by atoms with van der Waals surface area (Å²) in [5.41, 5.74) is 5.83. The van der Waals surface area contributed by atoms with Gasteiger partial charge in [0.1, 0.15) is 0 Å². The smallest absolute Gasteiger partial charge is 0.366 e. The molecule has 0 saturated carbocycles. The Balaban J connectivity index is 0.00000120. The van der Waals surface area contributed by atoms with Crippen LogP contribution in [0.3, 0.4) is 0 Å². The number of nitrogens with two attached hydrogens (primary N) is 1. The Morgan fingerprint density at radius 3 is 2.41 bits per heavy atom.